The van der Waals surface area contributed by atoms with Crippen LogP contribution in [0.2, 0.25) is 0 Å². The molecule has 1 aliphatic rings. The summed E-state index contributed by atoms with van der Waals surface area (Å²) < 4.78 is 4.92. The van der Waals surface area contributed by atoms with Crippen LogP contribution in [0.1, 0.15) is 5.56 Å². The summed E-state index contributed by atoms with van der Waals surface area (Å²) in [6, 6.07) is 9.54. The molecule has 0 unspecified atom stereocenters. The van der Waals surface area contributed by atoms with Gasteiger partial charge in [0.15, 0.2) is 0 Å². The predicted octanol–water partition coefficient (Wildman–Crippen LogP) is 1.97. The molecule has 0 saturated carbocycles. The average molecular weight is 298 g/mol. The molecule has 1 aromatic carbocycles. The van der Waals surface area contributed by atoms with Gasteiger partial charge in [-0.2, -0.15) is 0 Å². The minimum absolute atomic E-state index is 0.132. The Balaban J connectivity index is 2.10. The van der Waals surface area contributed by atoms with Crippen molar-refractivity contribution in [2.75, 3.05) is 11.9 Å². The maximum absolute atomic E-state index is 11.6. The minimum Gasteiger partial charge on any atom is -0.447 e. The van der Waals surface area contributed by atoms with E-state index in [2.05, 4.69) is 15.9 Å². The van der Waals surface area contributed by atoms with Crippen molar-refractivity contribution in [1.29, 1.82) is 0 Å². The van der Waals surface area contributed by atoms with E-state index in [1.807, 2.05) is 30.3 Å². The summed E-state index contributed by atoms with van der Waals surface area (Å²) in [4.78, 5) is 24.2. The third kappa shape index (κ3) is 2.66. The lowest BCUT2D eigenvalue weighted by Gasteiger charge is -2.18. The smallest absolute Gasteiger partial charge is 0.417 e. The Labute approximate surface area is 108 Å². The number of nitrogens with zero attached hydrogens (tertiary/aromatic N) is 1. The van der Waals surface area contributed by atoms with Gasteiger partial charge in [0, 0.05) is 0 Å². The Morgan fingerprint density at radius 2 is 2.12 bits per heavy atom. The maximum Gasteiger partial charge on any atom is 0.417 e. The number of halogens is 1. The lowest BCUT2D eigenvalue weighted by molar-refractivity contribution is -0.126. The predicted molar refractivity (Wildman–Crippen MR) is 65.9 cm³/mol. The number of hydrogen-bond donors (Lipinski definition) is 0. The quantitative estimate of drug-likeness (QED) is 0.802. The van der Waals surface area contributed by atoms with Crippen molar-refractivity contribution in [2.45, 2.75) is 12.5 Å². The second-order valence-electron chi connectivity index (χ2n) is 3.82. The fourth-order valence-corrected chi connectivity index (χ4v) is 2.14. The van der Waals surface area contributed by atoms with Crippen LogP contribution in [-0.4, -0.2) is 34.9 Å². The maximum atomic E-state index is 11.6. The Hall–Kier alpha value is -1.36. The molecule has 0 aliphatic carbocycles. The summed E-state index contributed by atoms with van der Waals surface area (Å²) in [6.07, 6.45) is 0.0843. The van der Waals surface area contributed by atoms with Gasteiger partial charge >= 0.3 is 6.09 Å². The number of cyclic esters (lactones) is 1. The molecule has 0 N–H and O–H groups in total. The topological polar surface area (TPSA) is 46.6 Å². The van der Waals surface area contributed by atoms with Crippen molar-refractivity contribution in [3.05, 3.63) is 35.9 Å². The standard InChI is InChI=1S/C12H12BrNO3/c13-7-11(15)14-10(8-17-12(14)16)6-9-4-2-1-3-5-9/h1-5,10H,6-8H2/t10-/m0/s1. The van der Waals surface area contributed by atoms with E-state index in [1.165, 1.54) is 4.90 Å². The average Bonchev–Trinajstić information content (AvgIpc) is 2.71. The number of alkyl halides is 1. The zero-order chi connectivity index (χ0) is 12.3. The fourth-order valence-electron chi connectivity index (χ4n) is 1.87. The van der Waals surface area contributed by atoms with Gasteiger partial charge in [0.05, 0.1) is 11.4 Å². The van der Waals surface area contributed by atoms with Gasteiger partial charge in [-0.1, -0.05) is 46.3 Å². The van der Waals surface area contributed by atoms with E-state index in [9.17, 15) is 9.59 Å². The molecule has 17 heavy (non-hydrogen) atoms. The van der Waals surface area contributed by atoms with Crippen LogP contribution in [0.15, 0.2) is 30.3 Å². The molecule has 0 radical (unpaired) electrons. The Kier molecular flexibility index (Phi) is 3.78. The number of amides is 2. The van der Waals surface area contributed by atoms with Gasteiger partial charge in [-0.25, -0.2) is 9.69 Å². The van der Waals surface area contributed by atoms with Crippen LogP contribution >= 0.6 is 15.9 Å². The van der Waals surface area contributed by atoms with Gasteiger partial charge in [0.25, 0.3) is 0 Å². The lowest BCUT2D eigenvalue weighted by atomic mass is 10.1. The molecular formula is C12H12BrNO3. The minimum atomic E-state index is -0.546. The van der Waals surface area contributed by atoms with Gasteiger partial charge in [-0.15, -0.1) is 0 Å². The van der Waals surface area contributed by atoms with Crippen LogP contribution in [0.4, 0.5) is 4.79 Å². The molecule has 1 aromatic rings. The molecule has 1 heterocycles. The molecule has 0 bridgehead atoms. The molecule has 0 aromatic heterocycles. The van der Waals surface area contributed by atoms with Crippen LogP contribution < -0.4 is 0 Å². The van der Waals surface area contributed by atoms with E-state index in [-0.39, 0.29) is 23.9 Å². The first kappa shape index (κ1) is 12.1. The van der Waals surface area contributed by atoms with Crippen molar-refractivity contribution in [1.82, 2.24) is 4.90 Å². The monoisotopic (exact) mass is 297 g/mol. The van der Waals surface area contributed by atoms with Crippen LogP contribution in [0.3, 0.4) is 0 Å². The first-order chi connectivity index (χ1) is 8.22. The molecule has 1 aliphatic heterocycles. The molecule has 90 valence electrons. The first-order valence-electron chi connectivity index (χ1n) is 5.31. The highest BCUT2D eigenvalue weighted by atomic mass is 79.9. The van der Waals surface area contributed by atoms with E-state index >= 15 is 0 Å². The Bertz CT molecular complexity index is 421. The van der Waals surface area contributed by atoms with Crippen molar-refractivity contribution < 1.29 is 14.3 Å². The van der Waals surface area contributed by atoms with Crippen molar-refractivity contribution in [3.8, 4) is 0 Å². The Morgan fingerprint density at radius 1 is 1.41 bits per heavy atom. The summed E-state index contributed by atoms with van der Waals surface area (Å²) in [6.45, 7) is 0.270. The molecule has 0 spiro atoms. The van der Waals surface area contributed by atoms with Crippen molar-refractivity contribution in [3.63, 3.8) is 0 Å². The number of benzene rings is 1. The van der Waals surface area contributed by atoms with E-state index in [4.69, 9.17) is 4.74 Å². The normalized spacial score (nSPS) is 19.2. The Morgan fingerprint density at radius 3 is 2.76 bits per heavy atom. The van der Waals surface area contributed by atoms with E-state index < -0.39 is 6.09 Å². The number of imide groups is 1. The zero-order valence-electron chi connectivity index (χ0n) is 9.14. The lowest BCUT2D eigenvalue weighted by Crippen LogP contribution is -2.40. The second-order valence-corrected chi connectivity index (χ2v) is 4.38. The van der Waals surface area contributed by atoms with Crippen LogP contribution in [0.5, 0.6) is 0 Å². The summed E-state index contributed by atoms with van der Waals surface area (Å²) >= 11 is 3.07. The molecular weight excluding hydrogens is 286 g/mol. The first-order valence-corrected chi connectivity index (χ1v) is 6.43. The van der Waals surface area contributed by atoms with Crippen LogP contribution in [0, 0.1) is 0 Å². The van der Waals surface area contributed by atoms with Gasteiger partial charge in [0.1, 0.15) is 6.61 Å². The number of carbonyl (C=O) groups excluding carboxylic acids is 2. The fraction of sp³-hybridized carbons (Fsp3) is 0.333. The third-order valence-electron chi connectivity index (χ3n) is 2.66. The van der Waals surface area contributed by atoms with Crippen LogP contribution in [-0.2, 0) is 16.0 Å². The molecule has 4 nitrogen and oxygen atoms in total. The largest absolute Gasteiger partial charge is 0.447 e. The van der Waals surface area contributed by atoms with Crippen LogP contribution in [0.25, 0.3) is 0 Å². The molecule has 1 atom stereocenters. The number of carbonyl (C=O) groups is 2. The summed E-state index contributed by atoms with van der Waals surface area (Å²) in [7, 11) is 0. The molecule has 2 amide bonds. The number of hydrogen-bond acceptors (Lipinski definition) is 3. The van der Waals surface area contributed by atoms with E-state index in [0.29, 0.717) is 6.42 Å². The number of rotatable bonds is 3. The van der Waals surface area contributed by atoms with E-state index in [0.717, 1.165) is 5.56 Å². The van der Waals surface area contributed by atoms with Gasteiger partial charge in [0.2, 0.25) is 5.91 Å². The van der Waals surface area contributed by atoms with Gasteiger partial charge in [-0.3, -0.25) is 4.79 Å². The highest BCUT2D eigenvalue weighted by molar-refractivity contribution is 9.09. The zero-order valence-corrected chi connectivity index (χ0v) is 10.7. The van der Waals surface area contributed by atoms with Gasteiger partial charge < -0.3 is 4.74 Å². The second kappa shape index (κ2) is 5.31. The highest BCUT2D eigenvalue weighted by Gasteiger charge is 2.37. The molecule has 5 heteroatoms. The molecule has 1 fully saturated rings. The third-order valence-corrected chi connectivity index (χ3v) is 3.14. The summed E-state index contributed by atoms with van der Waals surface area (Å²) in [5, 5.41) is 0.132. The molecule has 2 rings (SSSR count). The van der Waals surface area contributed by atoms with Crippen molar-refractivity contribution >= 4 is 27.9 Å². The summed E-state index contributed by atoms with van der Waals surface area (Å²) in [5.41, 5.74) is 1.09. The van der Waals surface area contributed by atoms with Gasteiger partial charge in [-0.05, 0) is 12.0 Å². The van der Waals surface area contributed by atoms with E-state index in [1.54, 1.807) is 0 Å². The number of ether oxygens (including phenoxy) is 1. The van der Waals surface area contributed by atoms with Crippen molar-refractivity contribution in [2.24, 2.45) is 0 Å². The summed E-state index contributed by atoms with van der Waals surface area (Å²) in [5.74, 6) is -0.256. The SMILES string of the molecule is O=C(CBr)N1C(=O)OC[C@@H]1Cc1ccccc1. The molecule has 1 saturated heterocycles. The highest BCUT2D eigenvalue weighted by Crippen LogP contribution is 2.17.